The number of rotatable bonds is 2. The fraction of sp³-hybridized carbons (Fsp3) is 0.706. The van der Waals surface area contributed by atoms with Gasteiger partial charge in [-0.25, -0.2) is 9.97 Å². The molecule has 1 aromatic heterocycles. The summed E-state index contributed by atoms with van der Waals surface area (Å²) in [5.41, 5.74) is 1.49. The normalized spacial score (nSPS) is 31.2. The minimum absolute atomic E-state index is 0.0171. The van der Waals surface area contributed by atoms with E-state index in [0.29, 0.717) is 18.0 Å². The van der Waals surface area contributed by atoms with Crippen LogP contribution in [0.4, 0.5) is 0 Å². The van der Waals surface area contributed by atoms with E-state index in [1.807, 2.05) is 25.7 Å². The predicted molar refractivity (Wildman–Crippen MR) is 83.5 cm³/mol. The van der Waals surface area contributed by atoms with Gasteiger partial charge in [-0.3, -0.25) is 4.79 Å². The first kappa shape index (κ1) is 15.4. The average Bonchev–Trinajstić information content (AvgIpc) is 2.93. The Kier molecular flexibility index (Phi) is 3.93. The second kappa shape index (κ2) is 5.61. The molecule has 1 aliphatic heterocycles. The lowest BCUT2D eigenvalue weighted by Crippen LogP contribution is -2.44. The molecule has 5 heteroatoms. The molecule has 120 valence electrons. The van der Waals surface area contributed by atoms with Crippen molar-refractivity contribution >= 4 is 5.91 Å². The van der Waals surface area contributed by atoms with E-state index in [-0.39, 0.29) is 11.8 Å². The van der Waals surface area contributed by atoms with E-state index >= 15 is 0 Å². The number of aromatic nitrogens is 2. The third-order valence-corrected chi connectivity index (χ3v) is 5.66. The first-order valence-electron chi connectivity index (χ1n) is 8.26. The third-order valence-electron chi connectivity index (χ3n) is 5.66. The summed E-state index contributed by atoms with van der Waals surface area (Å²) < 4.78 is 0. The number of hydrogen-bond donors (Lipinski definition) is 1. The van der Waals surface area contributed by atoms with Crippen LogP contribution in [0.2, 0.25) is 0 Å². The van der Waals surface area contributed by atoms with Crippen LogP contribution in [0.15, 0.2) is 6.33 Å². The maximum Gasteiger partial charge on any atom is 0.257 e. The molecule has 22 heavy (non-hydrogen) atoms. The van der Waals surface area contributed by atoms with Crippen molar-refractivity contribution in [3.05, 3.63) is 23.3 Å². The molecule has 1 N–H and O–H groups in total. The molecule has 3 atom stereocenters. The van der Waals surface area contributed by atoms with Crippen molar-refractivity contribution in [3.8, 4) is 0 Å². The lowest BCUT2D eigenvalue weighted by atomic mass is 9.69. The van der Waals surface area contributed by atoms with Gasteiger partial charge >= 0.3 is 0 Å². The zero-order valence-corrected chi connectivity index (χ0v) is 13.7. The van der Waals surface area contributed by atoms with Crippen molar-refractivity contribution in [1.29, 1.82) is 0 Å². The van der Waals surface area contributed by atoms with Gasteiger partial charge in [0.25, 0.3) is 5.91 Å². The Hall–Kier alpha value is -1.49. The third kappa shape index (κ3) is 2.41. The summed E-state index contributed by atoms with van der Waals surface area (Å²) >= 11 is 0. The summed E-state index contributed by atoms with van der Waals surface area (Å²) in [6.45, 7) is 7.16. The lowest BCUT2D eigenvalue weighted by Gasteiger charge is -2.40. The number of hydrogen-bond acceptors (Lipinski definition) is 4. The van der Waals surface area contributed by atoms with E-state index in [0.717, 1.165) is 43.6 Å². The fourth-order valence-corrected chi connectivity index (χ4v) is 4.29. The summed E-state index contributed by atoms with van der Waals surface area (Å²) in [4.78, 5) is 23.1. The van der Waals surface area contributed by atoms with Crippen molar-refractivity contribution in [2.75, 3.05) is 13.1 Å². The van der Waals surface area contributed by atoms with E-state index in [1.165, 1.54) is 6.33 Å². The second-order valence-electron chi connectivity index (χ2n) is 6.85. The van der Waals surface area contributed by atoms with Crippen LogP contribution in [0.25, 0.3) is 0 Å². The van der Waals surface area contributed by atoms with Gasteiger partial charge in [-0.1, -0.05) is 13.3 Å². The molecule has 1 aliphatic carbocycles. The molecular formula is C17H25N3O2. The highest BCUT2D eigenvalue weighted by molar-refractivity contribution is 5.96. The van der Waals surface area contributed by atoms with Crippen LogP contribution >= 0.6 is 0 Å². The van der Waals surface area contributed by atoms with Crippen LogP contribution in [0.1, 0.15) is 54.4 Å². The van der Waals surface area contributed by atoms with Crippen LogP contribution in [0.5, 0.6) is 0 Å². The summed E-state index contributed by atoms with van der Waals surface area (Å²) in [5, 5.41) is 10.9. The summed E-state index contributed by atoms with van der Waals surface area (Å²) in [7, 11) is 0. The van der Waals surface area contributed by atoms with Crippen LogP contribution < -0.4 is 0 Å². The largest absolute Gasteiger partial charge is 0.390 e. The number of aryl methyl sites for hydroxylation is 2. The summed E-state index contributed by atoms with van der Waals surface area (Å²) in [6, 6.07) is 0. The molecule has 2 heterocycles. The number of nitrogens with zero attached hydrogens (tertiary/aromatic N) is 3. The van der Waals surface area contributed by atoms with Crippen molar-refractivity contribution in [1.82, 2.24) is 14.9 Å². The van der Waals surface area contributed by atoms with Gasteiger partial charge in [-0.05, 0) is 39.0 Å². The Morgan fingerprint density at radius 3 is 2.68 bits per heavy atom. The predicted octanol–water partition coefficient (Wildman–Crippen LogP) is 2.11. The first-order valence-corrected chi connectivity index (χ1v) is 8.26. The molecule has 5 nitrogen and oxygen atoms in total. The van der Waals surface area contributed by atoms with Gasteiger partial charge in [0.1, 0.15) is 6.33 Å². The molecule has 2 fully saturated rings. The maximum atomic E-state index is 12.9. The van der Waals surface area contributed by atoms with Crippen molar-refractivity contribution in [2.45, 2.75) is 52.1 Å². The van der Waals surface area contributed by atoms with Gasteiger partial charge in [-0.2, -0.15) is 0 Å². The van der Waals surface area contributed by atoms with Crippen LogP contribution in [0.3, 0.4) is 0 Å². The number of carbonyl (C=O) groups is 1. The standard InChI is InChI=1S/C17H25N3O2/c1-4-17(22)7-5-6-13-8-20(9-14(13)17)16(21)15-11(2)18-10-19-12(15)3/h10,13-14,22H,4-9H2,1-3H3/t13-,14+,17-/m1/s1. The molecule has 0 radical (unpaired) electrons. The quantitative estimate of drug-likeness (QED) is 0.908. The van der Waals surface area contributed by atoms with Gasteiger partial charge in [0.15, 0.2) is 0 Å². The Labute approximate surface area is 131 Å². The van der Waals surface area contributed by atoms with E-state index < -0.39 is 5.60 Å². The number of amides is 1. The SMILES string of the molecule is CC[C@@]1(O)CCC[C@@H]2CN(C(=O)c3c(C)ncnc3C)C[C@@H]21. The Morgan fingerprint density at radius 1 is 1.36 bits per heavy atom. The van der Waals surface area contributed by atoms with Gasteiger partial charge in [0.2, 0.25) is 0 Å². The molecule has 0 bridgehead atoms. The fourth-order valence-electron chi connectivity index (χ4n) is 4.29. The van der Waals surface area contributed by atoms with Crippen molar-refractivity contribution < 1.29 is 9.90 Å². The number of fused-ring (bicyclic) bond motifs is 1. The highest BCUT2D eigenvalue weighted by Crippen LogP contribution is 2.44. The van der Waals surface area contributed by atoms with Crippen LogP contribution in [-0.4, -0.2) is 44.6 Å². The zero-order chi connectivity index (χ0) is 15.9. The number of carbonyl (C=O) groups excluding carboxylic acids is 1. The topological polar surface area (TPSA) is 66.3 Å². The number of likely N-dealkylation sites (tertiary alicyclic amines) is 1. The molecule has 1 saturated carbocycles. The van der Waals surface area contributed by atoms with Gasteiger partial charge in [-0.15, -0.1) is 0 Å². The zero-order valence-electron chi connectivity index (χ0n) is 13.7. The minimum Gasteiger partial charge on any atom is -0.390 e. The molecule has 0 aromatic carbocycles. The lowest BCUT2D eigenvalue weighted by molar-refractivity contribution is -0.0609. The van der Waals surface area contributed by atoms with Crippen molar-refractivity contribution in [2.24, 2.45) is 11.8 Å². The van der Waals surface area contributed by atoms with Crippen molar-refractivity contribution in [3.63, 3.8) is 0 Å². The van der Waals surface area contributed by atoms with E-state index in [1.54, 1.807) is 0 Å². The molecule has 3 rings (SSSR count). The van der Waals surface area contributed by atoms with Crippen LogP contribution in [-0.2, 0) is 0 Å². The Bertz CT molecular complexity index is 569. The number of aliphatic hydroxyl groups is 1. The average molecular weight is 303 g/mol. The summed E-state index contributed by atoms with van der Waals surface area (Å²) in [6.07, 6.45) is 5.29. The van der Waals surface area contributed by atoms with Gasteiger partial charge < -0.3 is 10.0 Å². The molecule has 1 aromatic rings. The maximum absolute atomic E-state index is 12.9. The van der Waals surface area contributed by atoms with Gasteiger partial charge in [0.05, 0.1) is 22.6 Å². The highest BCUT2D eigenvalue weighted by Gasteiger charge is 2.49. The second-order valence-corrected chi connectivity index (χ2v) is 6.85. The molecule has 2 aliphatic rings. The van der Waals surface area contributed by atoms with E-state index in [4.69, 9.17) is 0 Å². The molecule has 0 unspecified atom stereocenters. The van der Waals surface area contributed by atoms with E-state index in [2.05, 4.69) is 9.97 Å². The molecular weight excluding hydrogens is 278 g/mol. The first-order chi connectivity index (χ1) is 10.5. The van der Waals surface area contributed by atoms with Crippen LogP contribution in [0, 0.1) is 25.7 Å². The van der Waals surface area contributed by atoms with Gasteiger partial charge in [0, 0.05) is 19.0 Å². The smallest absolute Gasteiger partial charge is 0.257 e. The van der Waals surface area contributed by atoms with E-state index in [9.17, 15) is 9.90 Å². The molecule has 1 saturated heterocycles. The summed E-state index contributed by atoms with van der Waals surface area (Å²) in [5.74, 6) is 0.650. The Balaban J connectivity index is 1.84. The minimum atomic E-state index is -0.602. The Morgan fingerprint density at radius 2 is 2.05 bits per heavy atom. The highest BCUT2D eigenvalue weighted by atomic mass is 16.3. The monoisotopic (exact) mass is 303 g/mol. The molecule has 1 amide bonds. The molecule has 0 spiro atoms.